The Bertz CT molecular complexity index is 784. The molecule has 1 heterocycles. The van der Waals surface area contributed by atoms with Crippen molar-refractivity contribution in [1.29, 1.82) is 0 Å². The zero-order valence-corrected chi connectivity index (χ0v) is 15.5. The van der Waals surface area contributed by atoms with Crippen molar-refractivity contribution in [2.45, 2.75) is 44.7 Å². The maximum atomic E-state index is 12.4. The minimum atomic E-state index is -0.236. The normalized spacial score (nSPS) is 14.4. The van der Waals surface area contributed by atoms with Gasteiger partial charge in [0.25, 0.3) is 11.8 Å². The Morgan fingerprint density at radius 1 is 1.07 bits per heavy atom. The smallest absolute Gasteiger partial charge is 0.270 e. The summed E-state index contributed by atoms with van der Waals surface area (Å²) >= 11 is 0. The number of hydrogen-bond donors (Lipinski definition) is 2. The molecule has 0 saturated heterocycles. The molecule has 0 spiro atoms. The second kappa shape index (κ2) is 9.16. The molecule has 0 atom stereocenters. The Balaban J connectivity index is 1.58. The average Bonchev–Trinajstić information content (AvgIpc) is 2.73. The first-order valence-electron chi connectivity index (χ1n) is 9.34. The summed E-state index contributed by atoms with van der Waals surface area (Å²) in [5.41, 5.74) is 1.67. The molecule has 3 rings (SSSR count). The summed E-state index contributed by atoms with van der Waals surface area (Å²) in [4.78, 5) is 28.9. The van der Waals surface area contributed by atoms with Gasteiger partial charge in [0.05, 0.1) is 7.11 Å². The number of aromatic nitrogens is 1. The van der Waals surface area contributed by atoms with Crippen molar-refractivity contribution < 1.29 is 14.3 Å². The van der Waals surface area contributed by atoms with Crippen molar-refractivity contribution in [2.75, 3.05) is 7.11 Å². The third-order valence-electron chi connectivity index (χ3n) is 4.81. The van der Waals surface area contributed by atoms with E-state index in [9.17, 15) is 9.59 Å². The van der Waals surface area contributed by atoms with Crippen molar-refractivity contribution in [3.05, 3.63) is 59.4 Å². The highest BCUT2D eigenvalue weighted by molar-refractivity contribution is 5.98. The van der Waals surface area contributed by atoms with Gasteiger partial charge in [-0.1, -0.05) is 31.4 Å². The van der Waals surface area contributed by atoms with Gasteiger partial charge in [0.1, 0.15) is 11.4 Å². The number of rotatable bonds is 6. The summed E-state index contributed by atoms with van der Waals surface area (Å²) in [6.07, 6.45) is 7.03. The molecule has 2 N–H and O–H groups in total. The Hall–Kier alpha value is -2.89. The van der Waals surface area contributed by atoms with Crippen LogP contribution < -0.4 is 15.4 Å². The van der Waals surface area contributed by atoms with Crippen molar-refractivity contribution in [3.8, 4) is 5.75 Å². The second-order valence-electron chi connectivity index (χ2n) is 6.77. The van der Waals surface area contributed by atoms with Gasteiger partial charge in [0.2, 0.25) is 0 Å². The summed E-state index contributed by atoms with van der Waals surface area (Å²) in [6, 6.07) is 10.9. The highest BCUT2D eigenvalue weighted by Gasteiger charge is 2.18. The number of carbonyl (C=O) groups excluding carboxylic acids is 2. The van der Waals surface area contributed by atoms with E-state index in [4.69, 9.17) is 4.74 Å². The van der Waals surface area contributed by atoms with E-state index in [1.165, 1.54) is 12.6 Å². The molecule has 6 nitrogen and oxygen atoms in total. The maximum Gasteiger partial charge on any atom is 0.270 e. The van der Waals surface area contributed by atoms with E-state index in [0.717, 1.165) is 37.0 Å². The van der Waals surface area contributed by atoms with Crippen LogP contribution in [0.2, 0.25) is 0 Å². The molecule has 1 aliphatic rings. The quantitative estimate of drug-likeness (QED) is 0.822. The van der Waals surface area contributed by atoms with Gasteiger partial charge < -0.3 is 15.4 Å². The molecular weight excluding hydrogens is 342 g/mol. The van der Waals surface area contributed by atoms with Crippen molar-refractivity contribution in [1.82, 2.24) is 15.6 Å². The molecule has 1 aromatic heterocycles. The molecule has 1 aromatic carbocycles. The van der Waals surface area contributed by atoms with Crippen LogP contribution in [0.25, 0.3) is 0 Å². The first kappa shape index (κ1) is 18.9. The van der Waals surface area contributed by atoms with Crippen molar-refractivity contribution in [3.63, 3.8) is 0 Å². The molecule has 27 heavy (non-hydrogen) atoms. The van der Waals surface area contributed by atoms with Gasteiger partial charge in [-0.15, -0.1) is 0 Å². The zero-order chi connectivity index (χ0) is 19.1. The van der Waals surface area contributed by atoms with Crippen LogP contribution >= 0.6 is 0 Å². The second-order valence-corrected chi connectivity index (χ2v) is 6.77. The zero-order valence-electron chi connectivity index (χ0n) is 15.5. The monoisotopic (exact) mass is 367 g/mol. The highest BCUT2D eigenvalue weighted by Crippen LogP contribution is 2.18. The summed E-state index contributed by atoms with van der Waals surface area (Å²) in [5.74, 6) is 0.319. The molecule has 0 unspecified atom stereocenters. The van der Waals surface area contributed by atoms with E-state index in [1.54, 1.807) is 19.2 Å². The number of carbonyl (C=O) groups is 2. The number of nitrogens with zero attached hydrogens (tertiary/aromatic N) is 1. The topological polar surface area (TPSA) is 80.3 Å². The van der Waals surface area contributed by atoms with Gasteiger partial charge in [0.15, 0.2) is 0 Å². The van der Waals surface area contributed by atoms with E-state index in [-0.39, 0.29) is 23.6 Å². The fourth-order valence-electron chi connectivity index (χ4n) is 3.23. The summed E-state index contributed by atoms with van der Waals surface area (Å²) in [7, 11) is 1.61. The van der Waals surface area contributed by atoms with E-state index >= 15 is 0 Å². The predicted molar refractivity (Wildman–Crippen MR) is 103 cm³/mol. The lowest BCUT2D eigenvalue weighted by atomic mass is 9.95. The molecule has 1 saturated carbocycles. The summed E-state index contributed by atoms with van der Waals surface area (Å²) in [5, 5.41) is 5.89. The lowest BCUT2D eigenvalue weighted by molar-refractivity contribution is 0.0922. The predicted octanol–water partition coefficient (Wildman–Crippen LogP) is 3.08. The largest absolute Gasteiger partial charge is 0.497 e. The number of nitrogens with one attached hydrogen (secondary N) is 2. The van der Waals surface area contributed by atoms with Crippen LogP contribution in [0, 0.1) is 0 Å². The van der Waals surface area contributed by atoms with Crippen LogP contribution in [0.15, 0.2) is 42.6 Å². The lowest BCUT2D eigenvalue weighted by Crippen LogP contribution is -2.36. The third kappa shape index (κ3) is 5.29. The van der Waals surface area contributed by atoms with Crippen LogP contribution in [0.4, 0.5) is 0 Å². The van der Waals surface area contributed by atoms with Gasteiger partial charge in [0, 0.05) is 24.3 Å². The number of amides is 2. The van der Waals surface area contributed by atoms with Crippen molar-refractivity contribution >= 4 is 11.8 Å². The Morgan fingerprint density at radius 2 is 1.81 bits per heavy atom. The third-order valence-corrected chi connectivity index (χ3v) is 4.81. The Morgan fingerprint density at radius 3 is 2.52 bits per heavy atom. The number of methoxy groups -OCH3 is 1. The Labute approximate surface area is 159 Å². The molecule has 142 valence electrons. The van der Waals surface area contributed by atoms with Gasteiger partial charge in [-0.25, -0.2) is 0 Å². The van der Waals surface area contributed by atoms with Crippen molar-refractivity contribution in [2.24, 2.45) is 0 Å². The van der Waals surface area contributed by atoms with Gasteiger partial charge >= 0.3 is 0 Å². The standard InChI is InChI=1S/C21H25N3O3/c1-27-18-9-7-15(8-10-18)14-23-20(25)16-11-12-22-19(13-16)21(26)24-17-5-3-2-4-6-17/h7-13,17H,2-6,14H2,1H3,(H,23,25)(H,24,26). The van der Waals surface area contributed by atoms with Crippen LogP contribution in [-0.2, 0) is 6.54 Å². The van der Waals surface area contributed by atoms with Gasteiger partial charge in [-0.05, 0) is 42.7 Å². The first-order chi connectivity index (χ1) is 13.2. The van der Waals surface area contributed by atoms with E-state index in [1.807, 2.05) is 24.3 Å². The average molecular weight is 367 g/mol. The number of pyridine rings is 1. The molecular formula is C21H25N3O3. The van der Waals surface area contributed by atoms with Gasteiger partial charge in [-0.3, -0.25) is 14.6 Å². The molecule has 1 fully saturated rings. The number of benzene rings is 1. The summed E-state index contributed by atoms with van der Waals surface area (Å²) < 4.78 is 5.12. The first-order valence-corrected chi connectivity index (χ1v) is 9.34. The highest BCUT2D eigenvalue weighted by atomic mass is 16.5. The SMILES string of the molecule is COc1ccc(CNC(=O)c2ccnc(C(=O)NC3CCCCC3)c2)cc1. The molecule has 0 radical (unpaired) electrons. The minimum Gasteiger partial charge on any atom is -0.497 e. The molecule has 0 bridgehead atoms. The number of hydrogen-bond acceptors (Lipinski definition) is 4. The molecule has 6 heteroatoms. The van der Waals surface area contributed by atoms with E-state index in [0.29, 0.717) is 12.1 Å². The fourth-order valence-corrected chi connectivity index (χ4v) is 3.23. The van der Waals surface area contributed by atoms with Crippen LogP contribution in [0.1, 0.15) is 58.5 Å². The Kier molecular flexibility index (Phi) is 6.41. The lowest BCUT2D eigenvalue weighted by Gasteiger charge is -2.22. The minimum absolute atomic E-state index is 0.209. The van der Waals surface area contributed by atoms with Crippen LogP contribution in [0.3, 0.4) is 0 Å². The molecule has 1 aliphatic carbocycles. The van der Waals surface area contributed by atoms with Gasteiger partial charge in [-0.2, -0.15) is 0 Å². The molecule has 0 aliphatic heterocycles. The van der Waals surface area contributed by atoms with E-state index < -0.39 is 0 Å². The molecule has 2 amide bonds. The molecule has 2 aromatic rings. The number of ether oxygens (including phenoxy) is 1. The van der Waals surface area contributed by atoms with Crippen LogP contribution in [-0.4, -0.2) is 29.9 Å². The maximum absolute atomic E-state index is 12.4. The van der Waals surface area contributed by atoms with Crippen LogP contribution in [0.5, 0.6) is 5.75 Å². The summed E-state index contributed by atoms with van der Waals surface area (Å²) in [6.45, 7) is 0.398. The fraction of sp³-hybridized carbons (Fsp3) is 0.381. The van der Waals surface area contributed by atoms with E-state index in [2.05, 4.69) is 15.6 Å².